The molecule has 25 heavy (non-hydrogen) atoms. The van der Waals surface area contributed by atoms with Gasteiger partial charge in [-0.1, -0.05) is 17.7 Å². The average molecular weight is 355 g/mol. The van der Waals surface area contributed by atoms with Crippen molar-refractivity contribution in [3.8, 4) is 17.2 Å². The van der Waals surface area contributed by atoms with Crippen molar-refractivity contribution in [2.75, 3.05) is 5.32 Å². The number of rotatable bonds is 4. The average Bonchev–Trinajstić information content (AvgIpc) is 2.59. The van der Waals surface area contributed by atoms with Crippen molar-refractivity contribution in [3.05, 3.63) is 77.1 Å². The van der Waals surface area contributed by atoms with Crippen LogP contribution in [0.5, 0.6) is 17.2 Å². The van der Waals surface area contributed by atoms with Gasteiger partial charge in [0.15, 0.2) is 5.69 Å². The van der Waals surface area contributed by atoms with Gasteiger partial charge < -0.3 is 15.2 Å². The van der Waals surface area contributed by atoms with Crippen LogP contribution in [0.15, 0.2) is 60.8 Å². The highest BCUT2D eigenvalue weighted by Crippen LogP contribution is 2.26. The Morgan fingerprint density at radius 1 is 1.12 bits per heavy atom. The van der Waals surface area contributed by atoms with Gasteiger partial charge in [0.1, 0.15) is 17.2 Å². The van der Waals surface area contributed by atoms with E-state index in [2.05, 4.69) is 10.3 Å². The second kappa shape index (κ2) is 7.23. The lowest BCUT2D eigenvalue weighted by Crippen LogP contribution is -2.14. The van der Waals surface area contributed by atoms with Crippen molar-refractivity contribution in [2.45, 2.75) is 6.92 Å². The topological polar surface area (TPSA) is 71.5 Å². The molecule has 5 nitrogen and oxygen atoms in total. The number of nitrogens with one attached hydrogen (secondary N) is 1. The second-order valence-electron chi connectivity index (χ2n) is 5.36. The predicted octanol–water partition coefficient (Wildman–Crippen LogP) is 4.79. The van der Waals surface area contributed by atoms with Crippen LogP contribution in [-0.2, 0) is 0 Å². The molecule has 0 fully saturated rings. The molecular weight excluding hydrogens is 340 g/mol. The normalized spacial score (nSPS) is 10.3. The number of benzene rings is 2. The highest BCUT2D eigenvalue weighted by molar-refractivity contribution is 6.30. The summed E-state index contributed by atoms with van der Waals surface area (Å²) in [5.41, 5.74) is 1.09. The number of aromatic hydroxyl groups is 1. The van der Waals surface area contributed by atoms with E-state index in [1.165, 1.54) is 6.20 Å². The molecule has 0 saturated carbocycles. The number of amides is 1. The number of halogens is 1. The van der Waals surface area contributed by atoms with Crippen LogP contribution in [0, 0.1) is 6.92 Å². The fourth-order valence-electron chi connectivity index (χ4n) is 2.18. The molecule has 126 valence electrons. The molecule has 0 unspecified atom stereocenters. The van der Waals surface area contributed by atoms with Crippen LogP contribution in [0.4, 0.5) is 5.69 Å². The van der Waals surface area contributed by atoms with Crippen molar-refractivity contribution < 1.29 is 14.6 Å². The quantitative estimate of drug-likeness (QED) is 0.706. The molecule has 3 aromatic rings. The molecule has 6 heteroatoms. The van der Waals surface area contributed by atoms with Crippen molar-refractivity contribution in [1.29, 1.82) is 0 Å². The number of ether oxygens (including phenoxy) is 1. The van der Waals surface area contributed by atoms with E-state index in [0.29, 0.717) is 27.8 Å². The van der Waals surface area contributed by atoms with Gasteiger partial charge in [-0.25, -0.2) is 4.98 Å². The van der Waals surface area contributed by atoms with E-state index >= 15 is 0 Å². The minimum Gasteiger partial charge on any atom is -0.505 e. The molecule has 0 aliphatic rings. The van der Waals surface area contributed by atoms with Crippen LogP contribution < -0.4 is 10.1 Å². The Labute approximate surface area is 149 Å². The Morgan fingerprint density at radius 2 is 1.88 bits per heavy atom. The predicted molar refractivity (Wildman–Crippen MR) is 96.6 cm³/mol. The van der Waals surface area contributed by atoms with E-state index in [4.69, 9.17) is 16.3 Å². The molecule has 1 heterocycles. The first-order valence-electron chi connectivity index (χ1n) is 7.52. The van der Waals surface area contributed by atoms with Crippen LogP contribution in [0.2, 0.25) is 5.02 Å². The maximum Gasteiger partial charge on any atom is 0.278 e. The number of aromatic nitrogens is 1. The summed E-state index contributed by atoms with van der Waals surface area (Å²) in [6, 6.07) is 15.5. The highest BCUT2D eigenvalue weighted by Gasteiger charge is 2.14. The van der Waals surface area contributed by atoms with Crippen LogP contribution in [0.3, 0.4) is 0 Å². The first-order chi connectivity index (χ1) is 12.0. The van der Waals surface area contributed by atoms with E-state index in [1.54, 1.807) is 61.5 Å². The molecule has 2 N–H and O–H groups in total. The summed E-state index contributed by atoms with van der Waals surface area (Å²) >= 11 is 5.85. The molecule has 0 spiro atoms. The molecule has 3 rings (SSSR count). The van der Waals surface area contributed by atoms with Crippen LogP contribution in [-0.4, -0.2) is 16.0 Å². The van der Waals surface area contributed by atoms with Crippen LogP contribution >= 0.6 is 11.6 Å². The van der Waals surface area contributed by atoms with Gasteiger partial charge >= 0.3 is 0 Å². The van der Waals surface area contributed by atoms with Gasteiger partial charge in [-0.2, -0.15) is 0 Å². The number of carbonyl (C=O) groups excluding carboxylic acids is 1. The zero-order valence-electron chi connectivity index (χ0n) is 13.4. The lowest BCUT2D eigenvalue weighted by Gasteiger charge is -2.10. The lowest BCUT2D eigenvalue weighted by molar-refractivity contribution is 0.101. The van der Waals surface area contributed by atoms with Crippen molar-refractivity contribution in [3.63, 3.8) is 0 Å². The SMILES string of the molecule is Cc1ccnc(C(=O)Nc2cccc(Oc3ccc(Cl)cc3)c2)c1O. The molecule has 0 radical (unpaired) electrons. The molecule has 0 aliphatic heterocycles. The highest BCUT2D eigenvalue weighted by atomic mass is 35.5. The van der Waals surface area contributed by atoms with Crippen molar-refractivity contribution in [2.24, 2.45) is 0 Å². The van der Waals surface area contributed by atoms with E-state index in [1.807, 2.05) is 0 Å². The summed E-state index contributed by atoms with van der Waals surface area (Å²) in [5.74, 6) is 0.561. The summed E-state index contributed by atoms with van der Waals surface area (Å²) in [4.78, 5) is 16.2. The molecule has 1 amide bonds. The molecule has 0 bridgehead atoms. The third-order valence-corrected chi connectivity index (χ3v) is 3.73. The number of aryl methyl sites for hydroxylation is 1. The number of anilines is 1. The Bertz CT molecular complexity index is 911. The number of carbonyl (C=O) groups is 1. The molecule has 0 saturated heterocycles. The number of hydrogen-bond acceptors (Lipinski definition) is 4. The van der Waals surface area contributed by atoms with Gasteiger partial charge in [-0.05, 0) is 55.0 Å². The minimum atomic E-state index is -0.496. The summed E-state index contributed by atoms with van der Waals surface area (Å²) in [5, 5.41) is 13.3. The standard InChI is InChI=1S/C19H15ClN2O3/c1-12-9-10-21-17(18(12)23)19(24)22-14-3-2-4-16(11-14)25-15-7-5-13(20)6-8-15/h2-11,23H,1H3,(H,22,24). The van der Waals surface area contributed by atoms with E-state index in [-0.39, 0.29) is 11.4 Å². The van der Waals surface area contributed by atoms with Gasteiger partial charge in [0.2, 0.25) is 0 Å². The van der Waals surface area contributed by atoms with Crippen molar-refractivity contribution >= 4 is 23.2 Å². The first-order valence-corrected chi connectivity index (χ1v) is 7.90. The van der Waals surface area contributed by atoms with Crippen molar-refractivity contribution in [1.82, 2.24) is 4.98 Å². The Morgan fingerprint density at radius 3 is 2.64 bits per heavy atom. The van der Waals surface area contributed by atoms with Gasteiger partial charge in [-0.15, -0.1) is 0 Å². The smallest absolute Gasteiger partial charge is 0.278 e. The second-order valence-corrected chi connectivity index (χ2v) is 5.80. The molecule has 1 aromatic heterocycles. The number of pyridine rings is 1. The first kappa shape index (κ1) is 16.8. The number of nitrogens with zero attached hydrogens (tertiary/aromatic N) is 1. The van der Waals surface area contributed by atoms with Crippen LogP contribution in [0.1, 0.15) is 16.1 Å². The summed E-state index contributed by atoms with van der Waals surface area (Å²) in [7, 11) is 0. The van der Waals surface area contributed by atoms with Gasteiger partial charge in [0, 0.05) is 23.0 Å². The zero-order chi connectivity index (χ0) is 17.8. The molecule has 0 atom stereocenters. The van der Waals surface area contributed by atoms with E-state index < -0.39 is 5.91 Å². The van der Waals surface area contributed by atoms with Gasteiger partial charge in [0.25, 0.3) is 5.91 Å². The maximum absolute atomic E-state index is 12.3. The van der Waals surface area contributed by atoms with Gasteiger partial charge in [0.05, 0.1) is 0 Å². The fourth-order valence-corrected chi connectivity index (χ4v) is 2.31. The Balaban J connectivity index is 1.76. The summed E-state index contributed by atoms with van der Waals surface area (Å²) in [6.45, 7) is 1.70. The maximum atomic E-state index is 12.3. The minimum absolute atomic E-state index is 0.0241. The zero-order valence-corrected chi connectivity index (χ0v) is 14.1. The Kier molecular flexibility index (Phi) is 4.86. The molecular formula is C19H15ClN2O3. The largest absolute Gasteiger partial charge is 0.505 e. The Hall–Kier alpha value is -3.05. The lowest BCUT2D eigenvalue weighted by atomic mass is 10.2. The third-order valence-electron chi connectivity index (χ3n) is 3.48. The summed E-state index contributed by atoms with van der Waals surface area (Å²) in [6.07, 6.45) is 1.48. The van der Waals surface area contributed by atoms with E-state index in [9.17, 15) is 9.90 Å². The monoisotopic (exact) mass is 354 g/mol. The molecule has 2 aromatic carbocycles. The third kappa shape index (κ3) is 4.08. The number of hydrogen-bond donors (Lipinski definition) is 2. The van der Waals surface area contributed by atoms with Gasteiger partial charge in [-0.3, -0.25) is 4.79 Å². The molecule has 0 aliphatic carbocycles. The van der Waals surface area contributed by atoms with Crippen LogP contribution in [0.25, 0.3) is 0 Å². The fraction of sp³-hybridized carbons (Fsp3) is 0.0526. The van der Waals surface area contributed by atoms with E-state index in [0.717, 1.165) is 0 Å². The summed E-state index contributed by atoms with van der Waals surface area (Å²) < 4.78 is 5.73.